The SMILES string of the molecule is C[C@]12CC[C@H]3[C@@H](CC=C4C[C@@H](O)CC[C@@]43C)[C@@H]1CC[C@@H]2C1(C=O)CC(c2ccc(F)cc2)=NO1. The Morgan fingerprint density at radius 3 is 2.65 bits per heavy atom. The number of carbonyl (C=O) groups excluding carboxylic acids is 1. The first-order chi connectivity index (χ1) is 16.3. The highest BCUT2D eigenvalue weighted by Crippen LogP contribution is 2.68. The van der Waals surface area contributed by atoms with E-state index in [1.165, 1.54) is 24.1 Å². The zero-order valence-corrected chi connectivity index (χ0v) is 20.3. The van der Waals surface area contributed by atoms with Crippen molar-refractivity contribution < 1.29 is 19.1 Å². The van der Waals surface area contributed by atoms with Gasteiger partial charge in [-0.15, -0.1) is 0 Å². The minimum Gasteiger partial charge on any atom is -0.393 e. The Hall–Kier alpha value is -2.01. The third kappa shape index (κ3) is 3.11. The molecule has 1 aliphatic heterocycles. The van der Waals surface area contributed by atoms with Gasteiger partial charge in [-0.3, -0.25) is 4.79 Å². The van der Waals surface area contributed by atoms with Gasteiger partial charge in [0.25, 0.3) is 0 Å². The number of aldehydes is 1. The molecule has 8 atom stereocenters. The van der Waals surface area contributed by atoms with Crippen molar-refractivity contribution in [2.24, 2.45) is 39.7 Å². The van der Waals surface area contributed by atoms with Crippen LogP contribution in [0.25, 0.3) is 0 Å². The summed E-state index contributed by atoms with van der Waals surface area (Å²) < 4.78 is 13.4. The van der Waals surface area contributed by atoms with Gasteiger partial charge in [0.1, 0.15) is 5.82 Å². The van der Waals surface area contributed by atoms with Gasteiger partial charge in [-0.2, -0.15) is 0 Å². The van der Waals surface area contributed by atoms with Crippen LogP contribution in [0.5, 0.6) is 0 Å². The lowest BCUT2D eigenvalue weighted by Gasteiger charge is -2.58. The van der Waals surface area contributed by atoms with Crippen LogP contribution in [0.4, 0.5) is 4.39 Å². The Morgan fingerprint density at radius 1 is 1.09 bits per heavy atom. The third-order valence-corrected chi connectivity index (χ3v) is 10.8. The molecule has 1 aromatic carbocycles. The lowest BCUT2D eigenvalue weighted by atomic mass is 9.46. The summed E-state index contributed by atoms with van der Waals surface area (Å²) in [6, 6.07) is 6.30. The number of allylic oxidation sites excluding steroid dienone is 1. The van der Waals surface area contributed by atoms with E-state index in [0.717, 1.165) is 62.5 Å². The van der Waals surface area contributed by atoms with Crippen LogP contribution in [-0.4, -0.2) is 28.8 Å². The van der Waals surface area contributed by atoms with Crippen molar-refractivity contribution in [1.29, 1.82) is 0 Å². The molecule has 1 N–H and O–H groups in total. The van der Waals surface area contributed by atoms with Gasteiger partial charge in [-0.05, 0) is 97.6 Å². The summed E-state index contributed by atoms with van der Waals surface area (Å²) in [4.78, 5) is 18.6. The summed E-state index contributed by atoms with van der Waals surface area (Å²) in [7, 11) is 0. The maximum atomic E-state index is 13.4. The molecule has 1 heterocycles. The molecule has 0 spiro atoms. The number of benzene rings is 1. The van der Waals surface area contributed by atoms with Crippen molar-refractivity contribution >= 4 is 12.0 Å². The average molecular weight is 466 g/mol. The van der Waals surface area contributed by atoms with Gasteiger partial charge in [0.2, 0.25) is 5.60 Å². The number of hydrogen-bond donors (Lipinski definition) is 1. The number of hydrogen-bond acceptors (Lipinski definition) is 4. The van der Waals surface area contributed by atoms with Crippen LogP contribution in [0.3, 0.4) is 0 Å². The summed E-state index contributed by atoms with van der Waals surface area (Å²) >= 11 is 0. The molecule has 1 aromatic rings. The van der Waals surface area contributed by atoms with E-state index >= 15 is 0 Å². The highest BCUT2D eigenvalue weighted by Gasteiger charge is 2.64. The van der Waals surface area contributed by atoms with E-state index in [-0.39, 0.29) is 28.7 Å². The van der Waals surface area contributed by atoms with E-state index in [0.29, 0.717) is 24.2 Å². The number of halogens is 1. The summed E-state index contributed by atoms with van der Waals surface area (Å²) in [6.45, 7) is 4.86. The summed E-state index contributed by atoms with van der Waals surface area (Å²) in [6.07, 6.45) is 12.1. The van der Waals surface area contributed by atoms with Crippen LogP contribution in [0.2, 0.25) is 0 Å². The lowest BCUT2D eigenvalue weighted by Crippen LogP contribution is -2.54. The van der Waals surface area contributed by atoms with Crippen molar-refractivity contribution in [3.63, 3.8) is 0 Å². The Morgan fingerprint density at radius 2 is 1.88 bits per heavy atom. The topological polar surface area (TPSA) is 58.9 Å². The van der Waals surface area contributed by atoms with Crippen LogP contribution in [0, 0.1) is 40.3 Å². The van der Waals surface area contributed by atoms with Gasteiger partial charge in [0, 0.05) is 12.3 Å². The Bertz CT molecular complexity index is 1050. The van der Waals surface area contributed by atoms with Crippen LogP contribution >= 0.6 is 0 Å². The molecule has 5 aliphatic rings. The molecule has 4 aliphatic carbocycles. The van der Waals surface area contributed by atoms with E-state index in [2.05, 4.69) is 25.1 Å². The fourth-order valence-electron chi connectivity index (χ4n) is 9.04. The summed E-state index contributed by atoms with van der Waals surface area (Å²) in [5, 5.41) is 14.6. The fraction of sp³-hybridized carbons (Fsp3) is 0.655. The molecule has 0 amide bonds. The minimum atomic E-state index is -0.922. The molecule has 0 bridgehead atoms. The highest BCUT2D eigenvalue weighted by molar-refractivity contribution is 6.03. The molecule has 182 valence electrons. The smallest absolute Gasteiger partial charge is 0.201 e. The molecule has 5 heteroatoms. The van der Waals surface area contributed by atoms with Gasteiger partial charge in [-0.25, -0.2) is 4.39 Å². The molecular weight excluding hydrogens is 429 g/mol. The second-order valence-corrected chi connectivity index (χ2v) is 12.2. The molecule has 0 aromatic heterocycles. The van der Waals surface area contributed by atoms with Crippen molar-refractivity contribution in [2.45, 2.75) is 83.3 Å². The van der Waals surface area contributed by atoms with E-state index in [1.54, 1.807) is 12.1 Å². The first-order valence-electron chi connectivity index (χ1n) is 13.1. The summed E-state index contributed by atoms with van der Waals surface area (Å²) in [5.41, 5.74) is 2.40. The van der Waals surface area contributed by atoms with Crippen molar-refractivity contribution in [3.05, 3.63) is 47.3 Å². The lowest BCUT2D eigenvalue weighted by molar-refractivity contribution is -0.150. The maximum Gasteiger partial charge on any atom is 0.201 e. The molecule has 4 nitrogen and oxygen atoms in total. The highest BCUT2D eigenvalue weighted by atomic mass is 19.1. The monoisotopic (exact) mass is 465 g/mol. The number of fused-ring (bicyclic) bond motifs is 5. The molecule has 6 rings (SSSR count). The quantitative estimate of drug-likeness (QED) is 0.451. The molecular formula is C29H36FNO3. The van der Waals surface area contributed by atoms with Crippen LogP contribution in [-0.2, 0) is 9.63 Å². The second kappa shape index (κ2) is 7.74. The molecule has 0 radical (unpaired) electrons. The van der Waals surface area contributed by atoms with Crippen LogP contribution in [0.1, 0.15) is 77.2 Å². The number of oxime groups is 1. The number of rotatable bonds is 3. The van der Waals surface area contributed by atoms with E-state index in [4.69, 9.17) is 4.84 Å². The van der Waals surface area contributed by atoms with Gasteiger partial charge >= 0.3 is 0 Å². The average Bonchev–Trinajstić information content (AvgIpc) is 3.42. The van der Waals surface area contributed by atoms with E-state index < -0.39 is 5.60 Å². The predicted octanol–water partition coefficient (Wildman–Crippen LogP) is 5.83. The number of aliphatic hydroxyl groups is 1. The normalized spacial score (nSPS) is 45.4. The van der Waals surface area contributed by atoms with Crippen LogP contribution < -0.4 is 0 Å². The molecule has 34 heavy (non-hydrogen) atoms. The van der Waals surface area contributed by atoms with Gasteiger partial charge in [0.05, 0.1) is 11.8 Å². The number of carbonyl (C=O) groups is 1. The van der Waals surface area contributed by atoms with Crippen LogP contribution in [0.15, 0.2) is 41.1 Å². The Labute approximate surface area is 201 Å². The molecule has 3 saturated carbocycles. The molecule has 0 saturated heterocycles. The predicted molar refractivity (Wildman–Crippen MR) is 129 cm³/mol. The number of nitrogens with zero attached hydrogens (tertiary/aromatic N) is 1. The van der Waals surface area contributed by atoms with Crippen molar-refractivity contribution in [1.82, 2.24) is 0 Å². The van der Waals surface area contributed by atoms with E-state index in [9.17, 15) is 14.3 Å². The van der Waals surface area contributed by atoms with E-state index in [1.807, 2.05) is 0 Å². The fourth-order valence-corrected chi connectivity index (χ4v) is 9.04. The van der Waals surface area contributed by atoms with Gasteiger partial charge in [-0.1, -0.05) is 42.8 Å². The van der Waals surface area contributed by atoms with Gasteiger partial charge in [0.15, 0.2) is 6.29 Å². The van der Waals surface area contributed by atoms with Crippen molar-refractivity contribution in [3.8, 4) is 0 Å². The third-order valence-electron chi connectivity index (χ3n) is 10.8. The Kier molecular flexibility index (Phi) is 5.11. The largest absolute Gasteiger partial charge is 0.393 e. The minimum absolute atomic E-state index is 0.0473. The van der Waals surface area contributed by atoms with Gasteiger partial charge < -0.3 is 9.94 Å². The summed E-state index contributed by atoms with van der Waals surface area (Å²) in [5.74, 6) is 1.73. The maximum absolute atomic E-state index is 13.4. The van der Waals surface area contributed by atoms with Crippen molar-refractivity contribution in [2.75, 3.05) is 0 Å². The Balaban J connectivity index is 1.27. The second-order valence-electron chi connectivity index (χ2n) is 12.2. The standard InChI is InChI=1S/C29H36FNO3/c1-27-13-11-21(33)15-19(27)5-8-22-23-9-10-26(28(23,2)14-12-24(22)27)29(17-32)16-25(31-34-29)18-3-6-20(30)7-4-18/h3-7,17,21-24,26,33H,8-16H2,1-2H3/t21-,22-,23-,24-,26-,27-,28-,29?/m0/s1. The first-order valence-corrected chi connectivity index (χ1v) is 13.1. The zero-order chi connectivity index (χ0) is 23.7. The molecule has 3 fully saturated rings. The first kappa shape index (κ1) is 22.5. The zero-order valence-electron chi connectivity index (χ0n) is 20.3. The number of aliphatic hydroxyl groups excluding tert-OH is 1. The molecule has 1 unspecified atom stereocenters.